The van der Waals surface area contributed by atoms with Crippen molar-refractivity contribution in [1.29, 1.82) is 5.26 Å². The fourth-order valence-corrected chi connectivity index (χ4v) is 3.45. The van der Waals surface area contributed by atoms with Crippen LogP contribution < -0.4 is 9.80 Å². The fraction of sp³-hybridized carbons (Fsp3) is 0.562. The van der Waals surface area contributed by atoms with Gasteiger partial charge in [0.05, 0.1) is 11.8 Å². The minimum absolute atomic E-state index is 0.00840. The average Bonchev–Trinajstić information content (AvgIpc) is 3.16. The third-order valence-corrected chi connectivity index (χ3v) is 4.56. The molecule has 1 fully saturated rings. The Bertz CT molecular complexity index is 680. The highest BCUT2D eigenvalue weighted by atomic mass is 19.1. The maximum Gasteiger partial charge on any atom is 0.223 e. The van der Waals surface area contributed by atoms with Gasteiger partial charge in [-0.2, -0.15) is 14.6 Å². The molecule has 5 nitrogen and oxygen atoms in total. The van der Waals surface area contributed by atoms with E-state index < -0.39 is 11.8 Å². The Labute approximate surface area is 133 Å². The number of fused-ring (bicyclic) bond motifs is 1. The number of rotatable bonds is 3. The van der Waals surface area contributed by atoms with Gasteiger partial charge in [0.2, 0.25) is 11.9 Å². The molecule has 3 rings (SSSR count). The van der Waals surface area contributed by atoms with Crippen molar-refractivity contribution in [3.05, 3.63) is 17.3 Å². The second kappa shape index (κ2) is 6.11. The highest BCUT2D eigenvalue weighted by Gasteiger charge is 2.39. The average molecular weight is 320 g/mol. The van der Waals surface area contributed by atoms with Crippen molar-refractivity contribution in [2.75, 3.05) is 29.4 Å². The Morgan fingerprint density at radius 2 is 2.09 bits per heavy atom. The second-order valence-corrected chi connectivity index (χ2v) is 6.02. The van der Waals surface area contributed by atoms with Gasteiger partial charge in [0.1, 0.15) is 0 Å². The monoisotopic (exact) mass is 320 g/mol. The van der Waals surface area contributed by atoms with Crippen LogP contribution in [0.2, 0.25) is 0 Å². The summed E-state index contributed by atoms with van der Waals surface area (Å²) in [4.78, 5) is 18.7. The van der Waals surface area contributed by atoms with Crippen molar-refractivity contribution >= 4 is 17.4 Å². The molecule has 1 amide bonds. The summed E-state index contributed by atoms with van der Waals surface area (Å²) in [5, 5.41) is 8.74. The van der Waals surface area contributed by atoms with E-state index in [1.807, 2.05) is 6.07 Å². The minimum Gasteiger partial charge on any atom is -0.354 e. The molecular formula is C16H18F2N4O. The molecule has 1 unspecified atom stereocenters. The van der Waals surface area contributed by atoms with Crippen LogP contribution in [0.3, 0.4) is 0 Å². The number of hydrogen-bond donors (Lipinski definition) is 0. The molecule has 0 saturated carbocycles. The molecule has 1 aromatic heterocycles. The number of halogens is 2. The first kappa shape index (κ1) is 15.7. The number of aromatic nitrogens is 1. The standard InChI is InChI=1S/C16H18F2N4O/c1-10(23)22-9-11(5-4-6-19)12-14(22)13(17)16(20-15(12)18)21-7-2-3-8-21/h11H,2-5,7-9H2,1H3. The van der Waals surface area contributed by atoms with Crippen LogP contribution in [0.25, 0.3) is 0 Å². The normalized spacial score (nSPS) is 19.8. The number of nitriles is 1. The molecule has 23 heavy (non-hydrogen) atoms. The zero-order chi connectivity index (χ0) is 16.6. The SMILES string of the molecule is CC(=O)N1CC(CCC#N)c2c(F)nc(N3CCCC3)c(F)c21. The summed E-state index contributed by atoms with van der Waals surface area (Å²) in [5.41, 5.74) is 0.144. The lowest BCUT2D eigenvalue weighted by Gasteiger charge is -2.21. The van der Waals surface area contributed by atoms with Crippen LogP contribution in [0.15, 0.2) is 0 Å². The van der Waals surface area contributed by atoms with Gasteiger partial charge in [-0.05, 0) is 19.3 Å². The number of anilines is 2. The van der Waals surface area contributed by atoms with Gasteiger partial charge in [-0.1, -0.05) is 0 Å². The number of nitrogens with zero attached hydrogens (tertiary/aromatic N) is 4. The molecule has 2 aliphatic rings. The molecule has 0 bridgehead atoms. The minimum atomic E-state index is -0.727. The van der Waals surface area contributed by atoms with Crippen LogP contribution in [0, 0.1) is 23.1 Å². The quantitative estimate of drug-likeness (QED) is 0.804. The van der Waals surface area contributed by atoms with Crippen LogP contribution in [0.4, 0.5) is 20.3 Å². The zero-order valence-corrected chi connectivity index (χ0v) is 13.0. The maximum absolute atomic E-state index is 15.0. The lowest BCUT2D eigenvalue weighted by molar-refractivity contribution is -0.116. The highest BCUT2D eigenvalue weighted by molar-refractivity contribution is 5.95. The van der Waals surface area contributed by atoms with Gasteiger partial charge in [0.25, 0.3) is 0 Å². The predicted octanol–water partition coefficient (Wildman–Crippen LogP) is 2.71. The Morgan fingerprint density at radius 3 is 2.70 bits per heavy atom. The summed E-state index contributed by atoms with van der Waals surface area (Å²) >= 11 is 0. The zero-order valence-electron chi connectivity index (χ0n) is 13.0. The smallest absolute Gasteiger partial charge is 0.223 e. The predicted molar refractivity (Wildman–Crippen MR) is 81.2 cm³/mol. The van der Waals surface area contributed by atoms with Crippen LogP contribution in [-0.4, -0.2) is 30.5 Å². The molecule has 0 radical (unpaired) electrons. The van der Waals surface area contributed by atoms with Gasteiger partial charge in [-0.25, -0.2) is 4.39 Å². The Kier molecular flexibility index (Phi) is 4.16. The molecule has 1 atom stereocenters. The molecule has 0 aromatic carbocycles. The number of carbonyl (C=O) groups excluding carboxylic acids is 1. The van der Waals surface area contributed by atoms with Crippen LogP contribution in [-0.2, 0) is 4.79 Å². The third-order valence-electron chi connectivity index (χ3n) is 4.56. The first-order valence-corrected chi connectivity index (χ1v) is 7.83. The summed E-state index contributed by atoms with van der Waals surface area (Å²) in [6.07, 6.45) is 2.45. The van der Waals surface area contributed by atoms with Crippen molar-refractivity contribution in [2.24, 2.45) is 0 Å². The molecule has 3 heterocycles. The molecule has 1 saturated heterocycles. The van der Waals surface area contributed by atoms with Crippen LogP contribution >= 0.6 is 0 Å². The summed E-state index contributed by atoms with van der Waals surface area (Å²) in [7, 11) is 0. The molecule has 0 aliphatic carbocycles. The number of carbonyl (C=O) groups is 1. The summed E-state index contributed by atoms with van der Waals surface area (Å²) in [6, 6.07) is 2.01. The molecule has 0 N–H and O–H groups in total. The van der Waals surface area contributed by atoms with E-state index in [0.717, 1.165) is 12.8 Å². The second-order valence-electron chi connectivity index (χ2n) is 6.02. The van der Waals surface area contributed by atoms with E-state index in [1.54, 1.807) is 4.90 Å². The first-order chi connectivity index (χ1) is 11.0. The maximum atomic E-state index is 15.0. The van der Waals surface area contributed by atoms with Crippen molar-refractivity contribution < 1.29 is 13.6 Å². The summed E-state index contributed by atoms with van der Waals surface area (Å²) in [5.74, 6) is -2.08. The molecule has 0 spiro atoms. The van der Waals surface area contributed by atoms with E-state index in [0.29, 0.717) is 19.5 Å². The number of pyridine rings is 1. The van der Waals surface area contributed by atoms with Crippen LogP contribution in [0.1, 0.15) is 44.1 Å². The van der Waals surface area contributed by atoms with Crippen LogP contribution in [0.5, 0.6) is 0 Å². The van der Waals surface area contributed by atoms with Crippen molar-refractivity contribution in [3.8, 4) is 6.07 Å². The molecular weight excluding hydrogens is 302 g/mol. The Hall–Kier alpha value is -2.23. The van der Waals surface area contributed by atoms with Crippen molar-refractivity contribution in [3.63, 3.8) is 0 Å². The molecule has 122 valence electrons. The summed E-state index contributed by atoms with van der Waals surface area (Å²) in [6.45, 7) is 2.81. The topological polar surface area (TPSA) is 60.2 Å². The fourth-order valence-electron chi connectivity index (χ4n) is 3.45. The first-order valence-electron chi connectivity index (χ1n) is 7.83. The molecule has 1 aromatic rings. The summed E-state index contributed by atoms with van der Waals surface area (Å²) < 4.78 is 29.6. The number of amides is 1. The van der Waals surface area contributed by atoms with Crippen molar-refractivity contribution in [2.45, 2.75) is 38.5 Å². The van der Waals surface area contributed by atoms with Gasteiger partial charge in [-0.15, -0.1) is 0 Å². The highest BCUT2D eigenvalue weighted by Crippen LogP contribution is 2.44. The van der Waals surface area contributed by atoms with E-state index >= 15 is 0 Å². The van der Waals surface area contributed by atoms with Gasteiger partial charge < -0.3 is 9.80 Å². The van der Waals surface area contributed by atoms with E-state index in [9.17, 15) is 13.6 Å². The lowest BCUT2D eigenvalue weighted by Crippen LogP contribution is -2.28. The van der Waals surface area contributed by atoms with Gasteiger partial charge in [0, 0.05) is 44.5 Å². The van der Waals surface area contributed by atoms with Gasteiger partial charge in [-0.3, -0.25) is 4.79 Å². The largest absolute Gasteiger partial charge is 0.354 e. The van der Waals surface area contributed by atoms with Gasteiger partial charge >= 0.3 is 0 Å². The van der Waals surface area contributed by atoms with E-state index in [-0.39, 0.29) is 41.9 Å². The lowest BCUT2D eigenvalue weighted by atomic mass is 9.97. The molecule has 7 heteroatoms. The van der Waals surface area contributed by atoms with E-state index in [4.69, 9.17) is 5.26 Å². The molecule has 2 aliphatic heterocycles. The van der Waals surface area contributed by atoms with E-state index in [1.165, 1.54) is 11.8 Å². The van der Waals surface area contributed by atoms with Gasteiger partial charge in [0.15, 0.2) is 11.6 Å². The Morgan fingerprint density at radius 1 is 1.39 bits per heavy atom. The number of hydrogen-bond acceptors (Lipinski definition) is 4. The van der Waals surface area contributed by atoms with Crippen molar-refractivity contribution in [1.82, 2.24) is 4.98 Å². The Balaban J connectivity index is 2.09. The third kappa shape index (κ3) is 2.62. The van der Waals surface area contributed by atoms with E-state index in [2.05, 4.69) is 4.98 Å².